The number of nitro groups is 1. The summed E-state index contributed by atoms with van der Waals surface area (Å²) < 4.78 is 6.73. The van der Waals surface area contributed by atoms with Gasteiger partial charge in [0.15, 0.2) is 6.61 Å². The zero-order chi connectivity index (χ0) is 22.6. The van der Waals surface area contributed by atoms with E-state index in [1.807, 2.05) is 27.7 Å². The van der Waals surface area contributed by atoms with E-state index in [9.17, 15) is 19.7 Å². The van der Waals surface area contributed by atoms with E-state index in [1.54, 1.807) is 47.7 Å². The highest BCUT2D eigenvalue weighted by molar-refractivity contribution is 5.91. The standard InChI is InChI=1S/C21H28N4O5/c1-13(2)24(14(3)4)19(26)12-30-21(27)18-9-7-17(8-10-18)11-23-16(6)20(25(28)29)15(5)22-23/h7-10,13-14H,11-12H2,1-6H3. The van der Waals surface area contributed by atoms with Gasteiger partial charge in [-0.25, -0.2) is 4.79 Å². The molecule has 0 bridgehead atoms. The second-order valence-corrected chi connectivity index (χ2v) is 7.70. The van der Waals surface area contributed by atoms with Crippen molar-refractivity contribution in [3.8, 4) is 0 Å². The Morgan fingerprint density at radius 1 is 1.13 bits per heavy atom. The van der Waals surface area contributed by atoms with Crippen molar-refractivity contribution in [2.75, 3.05) is 6.61 Å². The van der Waals surface area contributed by atoms with Gasteiger partial charge in [0, 0.05) is 12.1 Å². The monoisotopic (exact) mass is 416 g/mol. The van der Waals surface area contributed by atoms with Gasteiger partial charge in [0.05, 0.1) is 17.0 Å². The predicted molar refractivity (Wildman–Crippen MR) is 111 cm³/mol. The minimum atomic E-state index is -0.580. The van der Waals surface area contributed by atoms with E-state index in [-0.39, 0.29) is 30.3 Å². The van der Waals surface area contributed by atoms with Gasteiger partial charge in [-0.05, 0) is 59.2 Å². The van der Waals surface area contributed by atoms with Crippen molar-refractivity contribution in [2.45, 2.75) is 60.2 Å². The van der Waals surface area contributed by atoms with Gasteiger partial charge >= 0.3 is 11.7 Å². The van der Waals surface area contributed by atoms with Crippen molar-refractivity contribution in [3.63, 3.8) is 0 Å². The Morgan fingerprint density at radius 3 is 2.17 bits per heavy atom. The quantitative estimate of drug-likeness (QED) is 0.371. The summed E-state index contributed by atoms with van der Waals surface area (Å²) in [6.07, 6.45) is 0. The second kappa shape index (κ2) is 9.51. The maximum atomic E-state index is 12.3. The van der Waals surface area contributed by atoms with E-state index in [0.717, 1.165) is 5.56 Å². The SMILES string of the molecule is Cc1nn(Cc2ccc(C(=O)OCC(=O)N(C(C)C)C(C)C)cc2)c(C)c1[N+](=O)[O-]. The van der Waals surface area contributed by atoms with Gasteiger partial charge in [0.1, 0.15) is 11.4 Å². The lowest BCUT2D eigenvalue weighted by molar-refractivity contribution is -0.386. The first-order chi connectivity index (χ1) is 14.0. The zero-order valence-corrected chi connectivity index (χ0v) is 18.2. The van der Waals surface area contributed by atoms with Crippen LogP contribution >= 0.6 is 0 Å². The Labute approximate surface area is 175 Å². The number of rotatable bonds is 8. The molecule has 30 heavy (non-hydrogen) atoms. The molecule has 0 spiro atoms. The summed E-state index contributed by atoms with van der Waals surface area (Å²) in [4.78, 5) is 37.0. The summed E-state index contributed by atoms with van der Waals surface area (Å²) >= 11 is 0. The van der Waals surface area contributed by atoms with Crippen molar-refractivity contribution < 1.29 is 19.2 Å². The van der Waals surface area contributed by atoms with Gasteiger partial charge in [-0.2, -0.15) is 5.10 Å². The van der Waals surface area contributed by atoms with Crippen molar-refractivity contribution in [2.24, 2.45) is 0 Å². The molecule has 0 aliphatic heterocycles. The number of nitrogens with zero attached hydrogens (tertiary/aromatic N) is 4. The normalized spacial score (nSPS) is 11.1. The highest BCUT2D eigenvalue weighted by Gasteiger charge is 2.23. The Morgan fingerprint density at radius 2 is 1.70 bits per heavy atom. The first-order valence-corrected chi connectivity index (χ1v) is 9.78. The van der Waals surface area contributed by atoms with Crippen LogP contribution in [0.2, 0.25) is 0 Å². The molecule has 2 aromatic rings. The molecule has 0 aliphatic rings. The lowest BCUT2D eigenvalue weighted by atomic mass is 10.1. The van der Waals surface area contributed by atoms with Crippen LogP contribution in [0.25, 0.3) is 0 Å². The van der Waals surface area contributed by atoms with Crippen LogP contribution in [-0.2, 0) is 16.1 Å². The largest absolute Gasteiger partial charge is 0.452 e. The third-order valence-electron chi connectivity index (χ3n) is 4.78. The van der Waals surface area contributed by atoms with Crippen molar-refractivity contribution >= 4 is 17.6 Å². The van der Waals surface area contributed by atoms with Gasteiger partial charge in [0.2, 0.25) is 0 Å². The molecule has 0 radical (unpaired) electrons. The number of hydrogen-bond acceptors (Lipinski definition) is 6. The number of ether oxygens (including phenoxy) is 1. The van der Waals surface area contributed by atoms with Crippen LogP contribution in [0, 0.1) is 24.0 Å². The van der Waals surface area contributed by atoms with Crippen LogP contribution in [0.5, 0.6) is 0 Å². The van der Waals surface area contributed by atoms with E-state index in [1.165, 1.54) is 0 Å². The molecule has 9 heteroatoms. The first kappa shape index (κ1) is 23.1. The number of carbonyl (C=O) groups is 2. The predicted octanol–water partition coefficient (Wildman–Crippen LogP) is 3.26. The average molecular weight is 416 g/mol. The van der Waals surface area contributed by atoms with Crippen LogP contribution in [0.15, 0.2) is 24.3 Å². The van der Waals surface area contributed by atoms with E-state index in [0.29, 0.717) is 23.5 Å². The molecule has 1 heterocycles. The topological polar surface area (TPSA) is 108 Å². The second-order valence-electron chi connectivity index (χ2n) is 7.70. The first-order valence-electron chi connectivity index (χ1n) is 9.78. The smallest absolute Gasteiger partial charge is 0.338 e. The molecule has 0 fully saturated rings. The van der Waals surface area contributed by atoms with E-state index >= 15 is 0 Å². The Hall–Kier alpha value is -3.23. The molecule has 2 rings (SSSR count). The van der Waals surface area contributed by atoms with Crippen molar-refractivity contribution in [3.05, 3.63) is 56.9 Å². The van der Waals surface area contributed by atoms with Gasteiger partial charge in [0.25, 0.3) is 5.91 Å². The third kappa shape index (κ3) is 5.22. The summed E-state index contributed by atoms with van der Waals surface area (Å²) in [7, 11) is 0. The molecule has 9 nitrogen and oxygen atoms in total. The highest BCUT2D eigenvalue weighted by Crippen LogP contribution is 2.22. The van der Waals surface area contributed by atoms with Gasteiger partial charge in [-0.15, -0.1) is 0 Å². The number of aromatic nitrogens is 2. The van der Waals surface area contributed by atoms with Crippen molar-refractivity contribution in [1.29, 1.82) is 0 Å². The molecule has 0 saturated carbocycles. The number of aryl methyl sites for hydroxylation is 1. The number of carbonyl (C=O) groups excluding carboxylic acids is 2. The molecule has 1 amide bonds. The number of esters is 1. The molecule has 0 N–H and O–H groups in total. The van der Waals surface area contributed by atoms with Crippen LogP contribution < -0.4 is 0 Å². The molecule has 1 aromatic carbocycles. The Kier molecular flexibility index (Phi) is 7.31. The average Bonchev–Trinajstić information content (AvgIpc) is 2.93. The zero-order valence-electron chi connectivity index (χ0n) is 18.2. The summed E-state index contributed by atoms with van der Waals surface area (Å²) in [5.41, 5.74) is 2.00. The summed E-state index contributed by atoms with van der Waals surface area (Å²) in [6.45, 7) is 10.9. The van der Waals surface area contributed by atoms with E-state index in [2.05, 4.69) is 5.10 Å². The molecule has 1 aromatic heterocycles. The lowest BCUT2D eigenvalue weighted by Crippen LogP contribution is -2.44. The third-order valence-corrected chi connectivity index (χ3v) is 4.78. The molecule has 0 unspecified atom stereocenters. The van der Waals surface area contributed by atoms with E-state index in [4.69, 9.17) is 4.74 Å². The fourth-order valence-electron chi connectivity index (χ4n) is 3.48. The summed E-state index contributed by atoms with van der Waals surface area (Å²) in [6, 6.07) is 6.70. The molecule has 0 atom stereocenters. The molecule has 162 valence electrons. The minimum absolute atomic E-state index is 0.0108. The number of hydrogen-bond donors (Lipinski definition) is 0. The Balaban J connectivity index is 2.02. The van der Waals surface area contributed by atoms with Crippen LogP contribution in [0.4, 0.5) is 5.69 Å². The van der Waals surface area contributed by atoms with Crippen LogP contribution in [-0.4, -0.2) is 50.2 Å². The number of benzene rings is 1. The highest BCUT2D eigenvalue weighted by atomic mass is 16.6. The maximum Gasteiger partial charge on any atom is 0.338 e. The summed E-state index contributed by atoms with van der Waals surface area (Å²) in [5, 5.41) is 15.3. The molecular formula is C21H28N4O5. The molecule has 0 saturated heterocycles. The fraction of sp³-hybridized carbons (Fsp3) is 0.476. The lowest BCUT2D eigenvalue weighted by Gasteiger charge is -2.30. The van der Waals surface area contributed by atoms with E-state index < -0.39 is 10.9 Å². The van der Waals surface area contributed by atoms with Crippen LogP contribution in [0.3, 0.4) is 0 Å². The fourth-order valence-corrected chi connectivity index (χ4v) is 3.48. The molecule has 0 aliphatic carbocycles. The minimum Gasteiger partial charge on any atom is -0.452 e. The van der Waals surface area contributed by atoms with Gasteiger partial charge in [-0.1, -0.05) is 12.1 Å². The Bertz CT molecular complexity index is 924. The van der Waals surface area contributed by atoms with Crippen molar-refractivity contribution in [1.82, 2.24) is 14.7 Å². The van der Waals surface area contributed by atoms with Gasteiger partial charge < -0.3 is 9.64 Å². The maximum absolute atomic E-state index is 12.3. The number of amides is 1. The van der Waals surface area contributed by atoms with Gasteiger partial charge in [-0.3, -0.25) is 19.6 Å². The molecular weight excluding hydrogens is 388 g/mol. The van der Waals surface area contributed by atoms with Crippen LogP contribution in [0.1, 0.15) is 55.0 Å². The summed E-state index contributed by atoms with van der Waals surface area (Å²) in [5.74, 6) is -0.819.